The molecule has 0 saturated carbocycles. The highest BCUT2D eigenvalue weighted by atomic mass is 32.2. The minimum atomic E-state index is -4.16. The van der Waals surface area contributed by atoms with Crippen LogP contribution in [-0.4, -0.2) is 37.2 Å². The summed E-state index contributed by atoms with van der Waals surface area (Å²) in [6.07, 6.45) is 0. The lowest BCUT2D eigenvalue weighted by molar-refractivity contribution is -0.385. The second kappa shape index (κ2) is 6.19. The molecule has 1 aromatic carbocycles. The lowest BCUT2D eigenvalue weighted by Gasteiger charge is -2.19. The standard InChI is InChI=1S/C12H17N3O5S/c1-4-14(5-2)12(16)9-6-10(15(17)18)8(3)11(7-9)21(13,19)20/h6-7H,4-5H2,1-3H3,(H2,13,19,20). The zero-order valence-electron chi connectivity index (χ0n) is 12.0. The Bertz CT molecular complexity index is 680. The molecule has 0 unspecified atom stereocenters. The number of carbonyl (C=O) groups excluding carboxylic acids is 1. The summed E-state index contributed by atoms with van der Waals surface area (Å²) in [5, 5.41) is 16.1. The predicted molar refractivity (Wildman–Crippen MR) is 76.5 cm³/mol. The van der Waals surface area contributed by atoms with Crippen molar-refractivity contribution >= 4 is 21.6 Å². The van der Waals surface area contributed by atoms with Crippen LogP contribution in [0.2, 0.25) is 0 Å². The monoisotopic (exact) mass is 315 g/mol. The molecule has 0 saturated heterocycles. The highest BCUT2D eigenvalue weighted by Gasteiger charge is 2.25. The van der Waals surface area contributed by atoms with Gasteiger partial charge in [0.15, 0.2) is 0 Å². The number of nitro benzene ring substituents is 1. The zero-order valence-corrected chi connectivity index (χ0v) is 12.8. The normalized spacial score (nSPS) is 11.2. The first-order valence-corrected chi connectivity index (χ1v) is 7.79. The summed E-state index contributed by atoms with van der Waals surface area (Å²) in [7, 11) is -4.16. The predicted octanol–water partition coefficient (Wildman–Crippen LogP) is 1.03. The van der Waals surface area contributed by atoms with Crippen molar-refractivity contribution in [2.45, 2.75) is 25.7 Å². The number of benzene rings is 1. The van der Waals surface area contributed by atoms with Gasteiger partial charge in [-0.15, -0.1) is 0 Å². The molecule has 1 amide bonds. The number of nitrogens with two attached hydrogens (primary N) is 1. The van der Waals surface area contributed by atoms with Crippen LogP contribution in [0.4, 0.5) is 5.69 Å². The molecule has 0 aromatic heterocycles. The van der Waals surface area contributed by atoms with Gasteiger partial charge in [0.1, 0.15) is 0 Å². The summed E-state index contributed by atoms with van der Waals surface area (Å²) < 4.78 is 23.1. The second-order valence-corrected chi connectivity index (χ2v) is 5.93. The lowest BCUT2D eigenvalue weighted by Crippen LogP contribution is -2.31. The number of carbonyl (C=O) groups is 1. The van der Waals surface area contributed by atoms with Gasteiger partial charge in [-0.3, -0.25) is 14.9 Å². The van der Waals surface area contributed by atoms with E-state index in [2.05, 4.69) is 0 Å². The largest absolute Gasteiger partial charge is 0.339 e. The Labute approximate surface area is 122 Å². The second-order valence-electron chi connectivity index (χ2n) is 4.40. The third-order valence-electron chi connectivity index (χ3n) is 3.13. The van der Waals surface area contributed by atoms with Crippen molar-refractivity contribution < 1.29 is 18.1 Å². The summed E-state index contributed by atoms with van der Waals surface area (Å²) in [4.78, 5) is 23.6. The maximum Gasteiger partial charge on any atom is 0.274 e. The topological polar surface area (TPSA) is 124 Å². The molecular weight excluding hydrogens is 298 g/mol. The van der Waals surface area contributed by atoms with Gasteiger partial charge < -0.3 is 4.90 Å². The Balaban J connectivity index is 3.59. The van der Waals surface area contributed by atoms with Crippen molar-refractivity contribution in [1.29, 1.82) is 0 Å². The van der Waals surface area contributed by atoms with E-state index in [0.29, 0.717) is 13.1 Å². The average Bonchev–Trinajstić information content (AvgIpc) is 2.38. The summed E-state index contributed by atoms with van der Waals surface area (Å²) in [6, 6.07) is 2.16. The van der Waals surface area contributed by atoms with E-state index < -0.39 is 31.4 Å². The minimum absolute atomic E-state index is 0.0694. The van der Waals surface area contributed by atoms with Crippen LogP contribution in [0.15, 0.2) is 17.0 Å². The van der Waals surface area contributed by atoms with Crippen LogP contribution in [0.1, 0.15) is 29.8 Å². The van der Waals surface area contributed by atoms with Crippen molar-refractivity contribution in [3.05, 3.63) is 33.4 Å². The summed E-state index contributed by atoms with van der Waals surface area (Å²) in [6.45, 7) is 5.60. The molecule has 0 radical (unpaired) electrons. The highest BCUT2D eigenvalue weighted by Crippen LogP contribution is 2.27. The first kappa shape index (κ1) is 17.1. The van der Waals surface area contributed by atoms with E-state index in [1.165, 1.54) is 11.8 Å². The molecule has 0 aliphatic carbocycles. The third-order valence-corrected chi connectivity index (χ3v) is 4.17. The molecule has 0 spiro atoms. The Morgan fingerprint density at radius 2 is 1.86 bits per heavy atom. The van der Waals surface area contributed by atoms with E-state index >= 15 is 0 Å². The Morgan fingerprint density at radius 1 is 1.33 bits per heavy atom. The molecule has 9 heteroatoms. The van der Waals surface area contributed by atoms with Crippen molar-refractivity contribution in [2.75, 3.05) is 13.1 Å². The maximum atomic E-state index is 12.2. The van der Waals surface area contributed by atoms with Gasteiger partial charge in [-0.05, 0) is 26.8 Å². The molecule has 0 atom stereocenters. The smallest absolute Gasteiger partial charge is 0.274 e. The molecule has 0 aliphatic rings. The van der Waals surface area contributed by atoms with E-state index in [1.807, 2.05) is 0 Å². The quantitative estimate of drug-likeness (QED) is 0.642. The van der Waals surface area contributed by atoms with Crippen molar-refractivity contribution in [2.24, 2.45) is 5.14 Å². The number of amides is 1. The Morgan fingerprint density at radius 3 is 2.24 bits per heavy atom. The summed E-state index contributed by atoms with van der Waals surface area (Å²) >= 11 is 0. The van der Waals surface area contributed by atoms with Crippen molar-refractivity contribution in [3.8, 4) is 0 Å². The SMILES string of the molecule is CCN(CC)C(=O)c1cc([N+](=O)[O-])c(C)c(S(N)(=O)=O)c1. The van der Waals surface area contributed by atoms with Crippen LogP contribution in [0.25, 0.3) is 0 Å². The lowest BCUT2D eigenvalue weighted by atomic mass is 10.1. The first-order valence-electron chi connectivity index (χ1n) is 6.24. The fraction of sp³-hybridized carbons (Fsp3) is 0.417. The van der Waals surface area contributed by atoms with Gasteiger partial charge in [-0.2, -0.15) is 0 Å². The van der Waals surface area contributed by atoms with Crippen LogP contribution in [0.5, 0.6) is 0 Å². The van der Waals surface area contributed by atoms with E-state index in [9.17, 15) is 23.3 Å². The number of hydrogen-bond acceptors (Lipinski definition) is 5. The van der Waals surface area contributed by atoms with Crippen molar-refractivity contribution in [3.63, 3.8) is 0 Å². The molecule has 1 rings (SSSR count). The summed E-state index contributed by atoms with van der Waals surface area (Å²) in [5.41, 5.74) is -0.601. The van der Waals surface area contributed by atoms with Gasteiger partial charge in [-0.25, -0.2) is 13.6 Å². The summed E-state index contributed by atoms with van der Waals surface area (Å²) in [5.74, 6) is -0.479. The van der Waals surface area contributed by atoms with Gasteiger partial charge in [0, 0.05) is 30.3 Å². The number of primary sulfonamides is 1. The van der Waals surface area contributed by atoms with Gasteiger partial charge >= 0.3 is 0 Å². The number of nitrogens with zero attached hydrogens (tertiary/aromatic N) is 2. The molecule has 116 valence electrons. The molecule has 0 aliphatic heterocycles. The fourth-order valence-corrected chi connectivity index (χ4v) is 2.80. The van der Waals surface area contributed by atoms with E-state index in [1.54, 1.807) is 13.8 Å². The molecular formula is C12H17N3O5S. The van der Waals surface area contributed by atoms with Crippen LogP contribution >= 0.6 is 0 Å². The molecule has 1 aromatic rings. The van der Waals surface area contributed by atoms with E-state index in [4.69, 9.17) is 5.14 Å². The van der Waals surface area contributed by atoms with Gasteiger partial charge in [0.2, 0.25) is 10.0 Å². The van der Waals surface area contributed by atoms with E-state index in [0.717, 1.165) is 12.1 Å². The van der Waals surface area contributed by atoms with Crippen LogP contribution in [0.3, 0.4) is 0 Å². The van der Waals surface area contributed by atoms with Crippen LogP contribution in [-0.2, 0) is 10.0 Å². The Hall–Kier alpha value is -2.00. The minimum Gasteiger partial charge on any atom is -0.339 e. The molecule has 8 nitrogen and oxygen atoms in total. The molecule has 21 heavy (non-hydrogen) atoms. The van der Waals surface area contributed by atoms with Crippen molar-refractivity contribution in [1.82, 2.24) is 4.90 Å². The van der Waals surface area contributed by atoms with Crippen LogP contribution in [0, 0.1) is 17.0 Å². The molecule has 0 fully saturated rings. The van der Waals surface area contributed by atoms with Gasteiger partial charge in [0.25, 0.3) is 11.6 Å². The number of sulfonamides is 1. The first-order chi connectivity index (χ1) is 9.63. The highest BCUT2D eigenvalue weighted by molar-refractivity contribution is 7.89. The molecule has 0 bridgehead atoms. The third kappa shape index (κ3) is 3.56. The Kier molecular flexibility index (Phi) is 5.02. The number of rotatable bonds is 5. The van der Waals surface area contributed by atoms with Crippen LogP contribution < -0.4 is 5.14 Å². The van der Waals surface area contributed by atoms with Gasteiger partial charge in [0.05, 0.1) is 9.82 Å². The van der Waals surface area contributed by atoms with E-state index in [-0.39, 0.29) is 11.1 Å². The molecule has 0 heterocycles. The average molecular weight is 315 g/mol. The fourth-order valence-electron chi connectivity index (χ4n) is 1.97. The number of hydrogen-bond donors (Lipinski definition) is 1. The maximum absolute atomic E-state index is 12.2. The van der Waals surface area contributed by atoms with Gasteiger partial charge in [-0.1, -0.05) is 0 Å². The number of nitro groups is 1. The molecule has 2 N–H and O–H groups in total. The zero-order chi connectivity index (χ0) is 16.4.